The third-order valence-corrected chi connectivity index (χ3v) is 8.50. The summed E-state index contributed by atoms with van der Waals surface area (Å²) in [5, 5.41) is 2.53. The summed E-state index contributed by atoms with van der Waals surface area (Å²) in [7, 11) is -7.63. The first-order valence-corrected chi connectivity index (χ1v) is 14.2. The molecule has 1 aliphatic heterocycles. The van der Waals surface area contributed by atoms with Crippen LogP contribution in [0.5, 0.6) is 5.75 Å². The number of hydrogen-bond donors (Lipinski definition) is 1. The maximum atomic E-state index is 13.6. The third-order valence-electron chi connectivity index (χ3n) is 5.35. The van der Waals surface area contributed by atoms with Gasteiger partial charge in [-0.3, -0.25) is 9.10 Å². The number of amides is 1. The minimum Gasteiger partial charge on any atom is -0.492 e. The summed E-state index contributed by atoms with van der Waals surface area (Å²) >= 11 is 0. The molecule has 14 heteroatoms. The number of ether oxygens (including phenoxy) is 2. The maximum Gasteiger partial charge on any atom is 0.243 e. The van der Waals surface area contributed by atoms with Gasteiger partial charge in [0.2, 0.25) is 26.0 Å². The van der Waals surface area contributed by atoms with E-state index in [1.807, 2.05) is 0 Å². The van der Waals surface area contributed by atoms with Gasteiger partial charge in [0.05, 0.1) is 36.6 Å². The molecule has 1 atom stereocenters. The van der Waals surface area contributed by atoms with Gasteiger partial charge in [0.25, 0.3) is 0 Å². The molecule has 1 heterocycles. The summed E-state index contributed by atoms with van der Waals surface area (Å²) in [6.07, 6.45) is 0.851. The Morgan fingerprint density at radius 2 is 1.72 bits per heavy atom. The van der Waals surface area contributed by atoms with E-state index in [9.17, 15) is 30.4 Å². The highest BCUT2D eigenvalue weighted by Crippen LogP contribution is 2.23. The Kier molecular flexibility index (Phi) is 8.87. The molecule has 1 amide bonds. The monoisotopic (exact) mass is 547 g/mol. The molecule has 1 unspecified atom stereocenters. The molecule has 1 aliphatic rings. The minimum absolute atomic E-state index is 0.00633. The van der Waals surface area contributed by atoms with E-state index in [1.54, 1.807) is 0 Å². The van der Waals surface area contributed by atoms with Gasteiger partial charge in [-0.05, 0) is 43.3 Å². The summed E-state index contributed by atoms with van der Waals surface area (Å²) in [5.74, 6) is -2.70. The molecule has 0 radical (unpaired) electrons. The summed E-state index contributed by atoms with van der Waals surface area (Å²) in [6.45, 7) is 2.58. The number of sulfonamides is 2. The summed E-state index contributed by atoms with van der Waals surface area (Å²) in [5.41, 5.74) is -0.192. The second-order valence-corrected chi connectivity index (χ2v) is 11.8. The Morgan fingerprint density at radius 3 is 2.31 bits per heavy atom. The van der Waals surface area contributed by atoms with Gasteiger partial charge >= 0.3 is 0 Å². The lowest BCUT2D eigenvalue weighted by Crippen LogP contribution is -2.48. The van der Waals surface area contributed by atoms with Gasteiger partial charge in [-0.2, -0.15) is 4.31 Å². The lowest BCUT2D eigenvalue weighted by molar-refractivity contribution is -0.121. The molecule has 10 nitrogen and oxygen atoms in total. The van der Waals surface area contributed by atoms with E-state index in [0.29, 0.717) is 29.3 Å². The maximum absolute atomic E-state index is 13.6. The van der Waals surface area contributed by atoms with Crippen LogP contribution >= 0.6 is 0 Å². The molecule has 0 aliphatic carbocycles. The number of hydrogen-bond acceptors (Lipinski definition) is 7. The highest BCUT2D eigenvalue weighted by Gasteiger charge is 2.30. The lowest BCUT2D eigenvalue weighted by Gasteiger charge is -2.28. The van der Waals surface area contributed by atoms with E-state index in [4.69, 9.17) is 9.47 Å². The molecule has 0 aromatic heterocycles. The van der Waals surface area contributed by atoms with E-state index in [0.717, 1.165) is 18.4 Å². The molecule has 36 heavy (non-hydrogen) atoms. The predicted molar refractivity (Wildman–Crippen MR) is 128 cm³/mol. The van der Waals surface area contributed by atoms with Crippen molar-refractivity contribution >= 4 is 31.6 Å². The molecular weight excluding hydrogens is 520 g/mol. The number of halogens is 2. The summed E-state index contributed by atoms with van der Waals surface area (Å²) < 4.78 is 89.4. The fourth-order valence-corrected chi connectivity index (χ4v) is 6.14. The van der Waals surface area contributed by atoms with E-state index in [-0.39, 0.29) is 36.8 Å². The van der Waals surface area contributed by atoms with Crippen molar-refractivity contribution in [3.8, 4) is 5.75 Å². The zero-order chi connectivity index (χ0) is 26.5. The predicted octanol–water partition coefficient (Wildman–Crippen LogP) is 1.34. The number of nitrogens with one attached hydrogen (secondary N) is 1. The second kappa shape index (κ2) is 11.5. The number of carbonyl (C=O) groups excluding carboxylic acids is 1. The SMILES string of the molecule is CC(C(=O)NCCOc1ccc(S(=O)(=O)N2CCOCC2)cc1)N(c1ccc(F)c(F)c1)S(C)(=O)=O. The van der Waals surface area contributed by atoms with Crippen LogP contribution < -0.4 is 14.4 Å². The number of nitrogens with zero attached hydrogens (tertiary/aromatic N) is 2. The number of rotatable bonds is 10. The molecule has 1 fully saturated rings. The first-order valence-electron chi connectivity index (χ1n) is 10.9. The first kappa shape index (κ1) is 27.8. The highest BCUT2D eigenvalue weighted by atomic mass is 32.2. The Hall–Kier alpha value is -2.81. The van der Waals surface area contributed by atoms with Crippen molar-refractivity contribution in [2.45, 2.75) is 17.9 Å². The zero-order valence-corrected chi connectivity index (χ0v) is 21.3. The van der Waals surface area contributed by atoms with Crippen molar-refractivity contribution in [1.29, 1.82) is 0 Å². The molecule has 1 N–H and O–H groups in total. The number of morpholine rings is 1. The topological polar surface area (TPSA) is 122 Å². The minimum atomic E-state index is -4.00. The van der Waals surface area contributed by atoms with Gasteiger partial charge in [0.1, 0.15) is 18.4 Å². The smallest absolute Gasteiger partial charge is 0.243 e. The van der Waals surface area contributed by atoms with Crippen molar-refractivity contribution in [2.75, 3.05) is 50.0 Å². The van der Waals surface area contributed by atoms with Gasteiger partial charge < -0.3 is 14.8 Å². The van der Waals surface area contributed by atoms with Gasteiger partial charge in [-0.1, -0.05) is 0 Å². The van der Waals surface area contributed by atoms with Crippen molar-refractivity contribution in [3.63, 3.8) is 0 Å². The van der Waals surface area contributed by atoms with E-state index in [2.05, 4.69) is 5.32 Å². The van der Waals surface area contributed by atoms with Crippen LogP contribution in [0, 0.1) is 11.6 Å². The largest absolute Gasteiger partial charge is 0.492 e. The average Bonchev–Trinajstić information content (AvgIpc) is 2.84. The summed E-state index contributed by atoms with van der Waals surface area (Å²) in [4.78, 5) is 12.7. The van der Waals surface area contributed by atoms with E-state index in [1.165, 1.54) is 35.5 Å². The first-order chi connectivity index (χ1) is 16.9. The van der Waals surface area contributed by atoms with Gasteiger partial charge in [0, 0.05) is 19.2 Å². The molecule has 0 spiro atoms. The Labute approximate surface area is 208 Å². The Balaban J connectivity index is 1.55. The van der Waals surface area contributed by atoms with Crippen LogP contribution in [0.4, 0.5) is 14.5 Å². The number of anilines is 1. The van der Waals surface area contributed by atoms with Gasteiger partial charge in [-0.25, -0.2) is 25.6 Å². The van der Waals surface area contributed by atoms with Crippen molar-refractivity contribution in [1.82, 2.24) is 9.62 Å². The number of benzene rings is 2. The fourth-order valence-electron chi connectivity index (χ4n) is 3.57. The standard InChI is InChI=1S/C22H27F2N3O7S2/c1-16(27(35(2,29)30)17-3-8-20(23)21(24)15-17)22(28)25-9-12-34-18-4-6-19(7-5-18)36(31,32)26-10-13-33-14-11-26/h3-8,15-16H,9-14H2,1-2H3,(H,25,28). The van der Waals surface area contributed by atoms with Crippen LogP contribution in [0.1, 0.15) is 6.92 Å². The molecule has 2 aromatic carbocycles. The van der Waals surface area contributed by atoms with Crippen LogP contribution in [0.3, 0.4) is 0 Å². The van der Waals surface area contributed by atoms with Gasteiger partial charge in [-0.15, -0.1) is 0 Å². The van der Waals surface area contributed by atoms with Gasteiger partial charge in [0.15, 0.2) is 11.6 Å². The highest BCUT2D eigenvalue weighted by molar-refractivity contribution is 7.92. The van der Waals surface area contributed by atoms with Crippen LogP contribution in [-0.4, -0.2) is 78.8 Å². The third kappa shape index (κ3) is 6.69. The fraction of sp³-hybridized carbons (Fsp3) is 0.409. The Bertz CT molecular complexity index is 1280. The Morgan fingerprint density at radius 1 is 1.08 bits per heavy atom. The second-order valence-electron chi connectivity index (χ2n) is 7.96. The average molecular weight is 548 g/mol. The summed E-state index contributed by atoms with van der Waals surface area (Å²) in [6, 6.07) is 7.12. The van der Waals surface area contributed by atoms with Crippen LogP contribution in [0.15, 0.2) is 47.4 Å². The molecule has 0 saturated carbocycles. The molecule has 198 valence electrons. The van der Waals surface area contributed by atoms with Crippen molar-refractivity contribution < 1.29 is 39.9 Å². The van der Waals surface area contributed by atoms with Crippen LogP contribution in [0.25, 0.3) is 0 Å². The van der Waals surface area contributed by atoms with Crippen LogP contribution in [-0.2, 0) is 29.6 Å². The van der Waals surface area contributed by atoms with E-state index >= 15 is 0 Å². The zero-order valence-electron chi connectivity index (χ0n) is 19.7. The van der Waals surface area contributed by atoms with Crippen LogP contribution in [0.2, 0.25) is 0 Å². The molecule has 0 bridgehead atoms. The normalized spacial score (nSPS) is 15.8. The molecular formula is C22H27F2N3O7S2. The molecule has 2 aromatic rings. The van der Waals surface area contributed by atoms with Crippen molar-refractivity contribution in [2.24, 2.45) is 0 Å². The molecule has 1 saturated heterocycles. The molecule has 3 rings (SSSR count). The quantitative estimate of drug-likeness (QED) is 0.446. The van der Waals surface area contributed by atoms with Crippen molar-refractivity contribution in [3.05, 3.63) is 54.1 Å². The lowest BCUT2D eigenvalue weighted by atomic mass is 10.2. The number of carbonyl (C=O) groups is 1. The van der Waals surface area contributed by atoms with E-state index < -0.39 is 43.6 Å².